The second kappa shape index (κ2) is 7.37. The largest absolute Gasteiger partial charge is 0.480 e. The average molecular weight is 269 g/mol. The smallest absolute Gasteiger partial charge is 0.325 e. The molecule has 0 spiro atoms. The van der Waals surface area contributed by atoms with Crippen LogP contribution in [0.15, 0.2) is 12.4 Å². The highest BCUT2D eigenvalue weighted by molar-refractivity contribution is 5.88. The first-order valence-electron chi connectivity index (χ1n) is 5.99. The Kier molecular flexibility index (Phi) is 5.80. The second-order valence-corrected chi connectivity index (χ2v) is 4.10. The lowest BCUT2D eigenvalue weighted by Crippen LogP contribution is -2.35. The molecule has 2 amide bonds. The van der Waals surface area contributed by atoms with E-state index in [1.807, 2.05) is 14.0 Å². The number of urea groups is 1. The Morgan fingerprint density at radius 2 is 2.26 bits per heavy atom. The summed E-state index contributed by atoms with van der Waals surface area (Å²) in [6.45, 7) is 4.04. The van der Waals surface area contributed by atoms with Crippen molar-refractivity contribution >= 4 is 17.7 Å². The fourth-order valence-electron chi connectivity index (χ4n) is 1.35. The third-order valence-electron chi connectivity index (χ3n) is 2.51. The van der Waals surface area contributed by atoms with Gasteiger partial charge in [0.05, 0.1) is 11.9 Å². The monoisotopic (exact) mass is 269 g/mol. The minimum Gasteiger partial charge on any atom is -0.480 e. The van der Waals surface area contributed by atoms with Crippen molar-refractivity contribution in [2.45, 2.75) is 13.5 Å². The molecule has 0 unspecified atom stereocenters. The number of likely N-dealkylation sites (N-methyl/N-ethyl adjacent to an activating group) is 1. The summed E-state index contributed by atoms with van der Waals surface area (Å²) in [6.07, 6.45) is 2.87. The number of carboxylic acid groups (broad SMARTS) is 1. The van der Waals surface area contributed by atoms with Gasteiger partial charge in [0.15, 0.2) is 0 Å². The molecule has 1 aromatic heterocycles. The van der Waals surface area contributed by atoms with Crippen molar-refractivity contribution in [2.24, 2.45) is 0 Å². The van der Waals surface area contributed by atoms with Crippen molar-refractivity contribution in [3.05, 3.63) is 12.4 Å². The predicted octanol–water partition coefficient (Wildman–Crippen LogP) is 0.0409. The Balaban J connectivity index is 2.32. The van der Waals surface area contributed by atoms with E-state index in [-0.39, 0.29) is 12.6 Å². The van der Waals surface area contributed by atoms with E-state index in [2.05, 4.69) is 20.6 Å². The van der Waals surface area contributed by atoms with Gasteiger partial charge in [0.2, 0.25) is 0 Å². The first kappa shape index (κ1) is 15.0. The number of hydrogen-bond acceptors (Lipinski definition) is 4. The molecule has 0 aliphatic heterocycles. The number of carboxylic acids is 1. The summed E-state index contributed by atoms with van der Waals surface area (Å²) in [7, 11) is 1.97. The molecular weight excluding hydrogens is 250 g/mol. The van der Waals surface area contributed by atoms with Crippen molar-refractivity contribution in [1.82, 2.24) is 20.0 Å². The van der Waals surface area contributed by atoms with E-state index in [0.29, 0.717) is 12.2 Å². The summed E-state index contributed by atoms with van der Waals surface area (Å²) in [5.74, 6) is -0.985. The molecule has 19 heavy (non-hydrogen) atoms. The van der Waals surface area contributed by atoms with E-state index in [0.717, 1.165) is 13.1 Å². The Bertz CT molecular complexity index is 432. The van der Waals surface area contributed by atoms with Gasteiger partial charge in [-0.05, 0) is 13.6 Å². The number of carbonyl (C=O) groups is 2. The molecule has 8 heteroatoms. The fourth-order valence-corrected chi connectivity index (χ4v) is 1.35. The Labute approximate surface area is 111 Å². The van der Waals surface area contributed by atoms with E-state index in [9.17, 15) is 9.59 Å². The van der Waals surface area contributed by atoms with E-state index in [4.69, 9.17) is 5.11 Å². The minimum atomic E-state index is -0.985. The van der Waals surface area contributed by atoms with Crippen molar-refractivity contribution in [1.29, 1.82) is 0 Å². The van der Waals surface area contributed by atoms with Crippen molar-refractivity contribution in [3.63, 3.8) is 0 Å². The highest BCUT2D eigenvalue weighted by Crippen LogP contribution is 2.03. The van der Waals surface area contributed by atoms with Crippen LogP contribution in [0, 0.1) is 0 Å². The van der Waals surface area contributed by atoms with Crippen LogP contribution in [-0.4, -0.2) is 58.5 Å². The summed E-state index contributed by atoms with van der Waals surface area (Å²) in [5, 5.41) is 17.7. The summed E-state index contributed by atoms with van der Waals surface area (Å²) >= 11 is 0. The number of amides is 2. The Morgan fingerprint density at radius 3 is 2.89 bits per heavy atom. The van der Waals surface area contributed by atoms with Crippen molar-refractivity contribution in [2.75, 3.05) is 32.0 Å². The van der Waals surface area contributed by atoms with Crippen LogP contribution in [0.4, 0.5) is 10.5 Å². The SMILES string of the molecule is CCN(C)CCNC(=O)Nc1cnn(CC(=O)O)c1. The number of aliphatic carboxylic acids is 1. The van der Waals surface area contributed by atoms with Gasteiger partial charge in [0, 0.05) is 19.3 Å². The third-order valence-corrected chi connectivity index (χ3v) is 2.51. The minimum absolute atomic E-state index is 0.232. The number of aromatic nitrogens is 2. The van der Waals surface area contributed by atoms with Crippen molar-refractivity contribution in [3.8, 4) is 0 Å². The van der Waals surface area contributed by atoms with Gasteiger partial charge < -0.3 is 20.6 Å². The number of rotatable bonds is 7. The molecule has 1 aromatic rings. The molecule has 1 rings (SSSR count). The number of hydrogen-bond donors (Lipinski definition) is 3. The molecule has 0 aliphatic carbocycles. The van der Waals surface area contributed by atoms with Gasteiger partial charge in [0.25, 0.3) is 0 Å². The zero-order valence-corrected chi connectivity index (χ0v) is 11.1. The molecule has 0 atom stereocenters. The molecule has 0 saturated carbocycles. The first-order chi connectivity index (χ1) is 9.01. The molecule has 0 aliphatic rings. The number of nitrogens with zero attached hydrogens (tertiary/aromatic N) is 3. The van der Waals surface area contributed by atoms with Gasteiger partial charge >= 0.3 is 12.0 Å². The normalized spacial score (nSPS) is 10.5. The molecule has 0 fully saturated rings. The van der Waals surface area contributed by atoms with E-state index in [1.54, 1.807) is 0 Å². The summed E-state index contributed by atoms with van der Waals surface area (Å²) in [6, 6.07) is -0.334. The Morgan fingerprint density at radius 1 is 1.53 bits per heavy atom. The second-order valence-electron chi connectivity index (χ2n) is 4.10. The summed E-state index contributed by atoms with van der Waals surface area (Å²) < 4.78 is 1.24. The van der Waals surface area contributed by atoms with Gasteiger partial charge in [-0.3, -0.25) is 9.48 Å². The maximum Gasteiger partial charge on any atom is 0.325 e. The summed E-state index contributed by atoms with van der Waals surface area (Å²) in [5.41, 5.74) is 0.461. The molecule has 1 heterocycles. The lowest BCUT2D eigenvalue weighted by molar-refractivity contribution is -0.137. The molecule has 0 radical (unpaired) electrons. The van der Waals surface area contributed by atoms with Crippen LogP contribution in [0.2, 0.25) is 0 Å². The van der Waals surface area contributed by atoms with Gasteiger partial charge in [0.1, 0.15) is 6.54 Å². The molecule has 0 aromatic carbocycles. The zero-order valence-electron chi connectivity index (χ0n) is 11.1. The standard InChI is InChI=1S/C11H19N5O3/c1-3-15(2)5-4-12-11(19)14-9-6-13-16(7-9)8-10(17)18/h6-7H,3-5,8H2,1-2H3,(H,17,18)(H2,12,14,19). The van der Waals surface area contributed by atoms with Crippen LogP contribution in [0.25, 0.3) is 0 Å². The molecule has 8 nitrogen and oxygen atoms in total. The van der Waals surface area contributed by atoms with E-state index < -0.39 is 5.97 Å². The van der Waals surface area contributed by atoms with Crippen LogP contribution < -0.4 is 10.6 Å². The average Bonchev–Trinajstić information content (AvgIpc) is 2.75. The van der Waals surface area contributed by atoms with Crippen LogP contribution in [0.5, 0.6) is 0 Å². The topological polar surface area (TPSA) is 99.5 Å². The van der Waals surface area contributed by atoms with Crippen LogP contribution in [-0.2, 0) is 11.3 Å². The first-order valence-corrected chi connectivity index (χ1v) is 5.99. The zero-order chi connectivity index (χ0) is 14.3. The fraction of sp³-hybridized carbons (Fsp3) is 0.545. The van der Waals surface area contributed by atoms with Crippen LogP contribution >= 0.6 is 0 Å². The van der Waals surface area contributed by atoms with Gasteiger partial charge in [-0.25, -0.2) is 4.79 Å². The lowest BCUT2D eigenvalue weighted by Gasteiger charge is -2.13. The van der Waals surface area contributed by atoms with E-state index in [1.165, 1.54) is 17.1 Å². The maximum atomic E-state index is 11.5. The van der Waals surface area contributed by atoms with Crippen LogP contribution in [0.1, 0.15) is 6.92 Å². The molecule has 0 bridgehead atoms. The van der Waals surface area contributed by atoms with Gasteiger partial charge in [-0.2, -0.15) is 5.10 Å². The molecular formula is C11H19N5O3. The number of anilines is 1. The maximum absolute atomic E-state index is 11.5. The third kappa shape index (κ3) is 5.87. The highest BCUT2D eigenvalue weighted by Gasteiger charge is 2.05. The van der Waals surface area contributed by atoms with Gasteiger partial charge in [-0.15, -0.1) is 0 Å². The summed E-state index contributed by atoms with van der Waals surface area (Å²) in [4.78, 5) is 24.1. The highest BCUT2D eigenvalue weighted by atomic mass is 16.4. The van der Waals surface area contributed by atoms with Crippen LogP contribution in [0.3, 0.4) is 0 Å². The number of nitrogens with one attached hydrogen (secondary N) is 2. The quantitative estimate of drug-likeness (QED) is 0.649. The van der Waals surface area contributed by atoms with Crippen molar-refractivity contribution < 1.29 is 14.7 Å². The lowest BCUT2D eigenvalue weighted by atomic mass is 10.5. The van der Waals surface area contributed by atoms with E-state index >= 15 is 0 Å². The molecule has 0 saturated heterocycles. The molecule has 3 N–H and O–H groups in total. The van der Waals surface area contributed by atoms with Gasteiger partial charge in [-0.1, -0.05) is 6.92 Å². The number of carbonyl (C=O) groups excluding carboxylic acids is 1. The predicted molar refractivity (Wildman–Crippen MR) is 70.1 cm³/mol. The molecule has 106 valence electrons. The Hall–Kier alpha value is -2.09.